The molecule has 0 bridgehead atoms. The Morgan fingerprint density at radius 1 is 0.662 bits per heavy atom. The Kier molecular flexibility index (Phi) is 13.9. The van der Waals surface area contributed by atoms with Gasteiger partial charge in [-0.25, -0.2) is 24.7 Å². The number of fused-ring (bicyclic) bond motifs is 4. The topological polar surface area (TPSA) is 242 Å². The summed E-state index contributed by atoms with van der Waals surface area (Å²) in [4.78, 5) is 68.4. The summed E-state index contributed by atoms with van der Waals surface area (Å²) in [6.07, 6.45) is 15.4. The molecule has 0 spiro atoms. The van der Waals surface area contributed by atoms with Crippen LogP contribution in [0.5, 0.6) is 0 Å². The molecule has 2 aromatic carbocycles. The molecule has 0 amide bonds. The van der Waals surface area contributed by atoms with Crippen molar-refractivity contribution in [3.8, 4) is 22.5 Å². The number of carboxylic acid groups (broad SMARTS) is 1. The monoisotopic (exact) mass is 911 g/mol. The van der Waals surface area contributed by atoms with Crippen LogP contribution in [0.15, 0.2) is 85.7 Å². The van der Waals surface area contributed by atoms with Gasteiger partial charge in [0.15, 0.2) is 17.1 Å². The number of rotatable bonds is 10. The van der Waals surface area contributed by atoms with Crippen molar-refractivity contribution < 1.29 is 33.8 Å². The van der Waals surface area contributed by atoms with Crippen molar-refractivity contribution in [3.63, 3.8) is 0 Å². The molecule has 0 saturated heterocycles. The highest BCUT2D eigenvalue weighted by Gasteiger charge is 2.27. The van der Waals surface area contributed by atoms with E-state index < -0.39 is 29.9 Å². The first-order chi connectivity index (χ1) is 31.6. The number of aryl methyl sites for hydroxylation is 4. The number of methoxy groups -OCH3 is 2. The van der Waals surface area contributed by atoms with Crippen molar-refractivity contribution in [2.24, 2.45) is 5.73 Å². The molecule has 10 rings (SSSR count). The zero-order valence-electron chi connectivity index (χ0n) is 35.6. The lowest BCUT2D eigenvalue weighted by Gasteiger charge is -2.14. The van der Waals surface area contributed by atoms with Gasteiger partial charge in [0.25, 0.3) is 0 Å². The van der Waals surface area contributed by atoms with Crippen molar-refractivity contribution in [3.05, 3.63) is 127 Å². The largest absolute Gasteiger partial charge is 0.477 e. The van der Waals surface area contributed by atoms with Gasteiger partial charge in [0.1, 0.15) is 23.6 Å². The van der Waals surface area contributed by atoms with E-state index in [1.54, 1.807) is 35.9 Å². The molecule has 0 saturated carbocycles. The number of aromatic carboxylic acids is 1. The third-order valence-corrected chi connectivity index (χ3v) is 13.9. The first-order valence-electron chi connectivity index (χ1n) is 21.0. The third kappa shape index (κ3) is 10.0. The maximum atomic E-state index is 13.0. The molecule has 6 heterocycles. The Hall–Kier alpha value is -7.02. The number of carbonyl (C=O) groups excluding carboxylic acids is 3. The number of ketones is 1. The number of nitrogens with two attached hydrogens (primary N) is 1. The van der Waals surface area contributed by atoms with Crippen LogP contribution in [0.1, 0.15) is 95.4 Å². The minimum absolute atomic E-state index is 0.0141. The number of ether oxygens (including phenoxy) is 2. The number of H-pyrrole nitrogens is 2. The van der Waals surface area contributed by atoms with E-state index in [0.29, 0.717) is 21.7 Å². The summed E-state index contributed by atoms with van der Waals surface area (Å²) in [6.45, 7) is 0. The van der Waals surface area contributed by atoms with E-state index in [9.17, 15) is 19.2 Å². The SMILES string of the molecule is COC(=O)C(CC(=O)c1cc2c(s1)CCCC2)c1ccc(-c2ncnc3[nH]ncc23)cc1.COC(=O)C(N)c1ccc(-c2ncnc3[nH]ncc23)cc1.O=C(O)c1cc2c(s1)CCCC2. The van der Waals surface area contributed by atoms with E-state index in [4.69, 9.17) is 15.6 Å². The number of nitrogens with one attached hydrogen (secondary N) is 2. The van der Waals surface area contributed by atoms with Crippen LogP contribution in [0.4, 0.5) is 0 Å². The molecule has 18 heteroatoms. The Balaban J connectivity index is 0.000000149. The Morgan fingerprint density at radius 2 is 1.14 bits per heavy atom. The highest BCUT2D eigenvalue weighted by atomic mass is 32.1. The molecule has 6 aromatic heterocycles. The quantitative estimate of drug-likeness (QED) is 0.0751. The number of benzene rings is 2. The molecule has 0 fully saturated rings. The van der Waals surface area contributed by atoms with Crippen LogP contribution >= 0.6 is 22.7 Å². The van der Waals surface area contributed by atoms with Crippen LogP contribution in [-0.4, -0.2) is 83.3 Å². The number of aromatic nitrogens is 8. The van der Waals surface area contributed by atoms with Crippen LogP contribution in [0, 0.1) is 0 Å². The lowest BCUT2D eigenvalue weighted by molar-refractivity contribution is -0.143. The van der Waals surface area contributed by atoms with Gasteiger partial charge in [-0.05, 0) is 85.8 Å². The molecule has 5 N–H and O–H groups in total. The second-order valence-electron chi connectivity index (χ2n) is 15.5. The zero-order valence-corrected chi connectivity index (χ0v) is 37.2. The van der Waals surface area contributed by atoms with Gasteiger partial charge in [-0.1, -0.05) is 48.5 Å². The molecular weight excluding hydrogens is 867 g/mol. The molecule has 8 aromatic rings. The van der Waals surface area contributed by atoms with Crippen molar-refractivity contribution in [1.82, 2.24) is 40.3 Å². The van der Waals surface area contributed by atoms with Crippen LogP contribution in [0.2, 0.25) is 0 Å². The number of nitrogens with zero attached hydrogens (tertiary/aromatic N) is 6. The molecular formula is C47H45N9O7S2. The summed E-state index contributed by atoms with van der Waals surface area (Å²) in [5.74, 6) is -2.33. The number of Topliss-reactive ketones (excluding diaryl/α,β-unsaturated/α-hetero) is 1. The lowest BCUT2D eigenvalue weighted by atomic mass is 9.91. The summed E-state index contributed by atoms with van der Waals surface area (Å²) in [5, 5.41) is 24.0. The van der Waals surface area contributed by atoms with Gasteiger partial charge in [0, 0.05) is 27.3 Å². The second kappa shape index (κ2) is 20.2. The third-order valence-electron chi connectivity index (χ3n) is 11.4. The van der Waals surface area contributed by atoms with Crippen LogP contribution in [0.25, 0.3) is 44.6 Å². The average molecular weight is 912 g/mol. The van der Waals surface area contributed by atoms with E-state index in [1.165, 1.54) is 84.8 Å². The van der Waals surface area contributed by atoms with Crippen LogP contribution in [-0.2, 0) is 44.7 Å². The molecule has 65 heavy (non-hydrogen) atoms. The van der Waals surface area contributed by atoms with Crippen molar-refractivity contribution in [1.29, 1.82) is 0 Å². The highest BCUT2D eigenvalue weighted by Crippen LogP contribution is 2.34. The average Bonchev–Trinajstić information content (AvgIpc) is 4.19. The predicted molar refractivity (Wildman–Crippen MR) is 246 cm³/mol. The summed E-state index contributed by atoms with van der Waals surface area (Å²) in [7, 11) is 2.67. The minimum atomic E-state index is -0.789. The standard InChI is InChI=1S/C24H22N4O3S.C14H13N5O2.C9H10O2S/c1-31-24(30)17(11-19(29)21-10-16-4-2-3-5-20(16)32-21)14-6-8-15(9-7-14)22-18-12-27-28-23(18)26-13-25-22;1-21-14(20)11(15)8-2-4-9(5-3-8)12-10-6-18-19-13(10)17-7-16-12;10-9(11)8-5-6-3-1-2-4-7(6)12-8/h6-10,12-13,17H,2-5,11H2,1H3,(H,25,26,27,28);2-7,11H,15H2,1H3,(H,16,17,18,19);5H,1-4H2,(H,10,11). The van der Waals surface area contributed by atoms with Gasteiger partial charge < -0.3 is 20.3 Å². The molecule has 2 atom stereocenters. The number of aromatic amines is 2. The number of carboxylic acids is 1. The Labute approximate surface area is 380 Å². The highest BCUT2D eigenvalue weighted by molar-refractivity contribution is 7.14. The van der Waals surface area contributed by atoms with Crippen LogP contribution < -0.4 is 5.73 Å². The molecule has 2 unspecified atom stereocenters. The fourth-order valence-corrected chi connectivity index (χ4v) is 10.3. The van der Waals surface area contributed by atoms with E-state index in [0.717, 1.165) is 69.4 Å². The van der Waals surface area contributed by atoms with Gasteiger partial charge in [0.05, 0.1) is 59.6 Å². The summed E-state index contributed by atoms with van der Waals surface area (Å²) < 4.78 is 9.66. The lowest BCUT2D eigenvalue weighted by Crippen LogP contribution is -2.22. The summed E-state index contributed by atoms with van der Waals surface area (Å²) in [5.41, 5.74) is 14.4. The number of esters is 2. The molecule has 0 aliphatic heterocycles. The molecule has 0 radical (unpaired) electrons. The van der Waals surface area contributed by atoms with Gasteiger partial charge >= 0.3 is 17.9 Å². The van der Waals surface area contributed by atoms with Crippen molar-refractivity contribution in [2.75, 3.05) is 14.2 Å². The zero-order chi connectivity index (χ0) is 45.5. The van der Waals surface area contributed by atoms with E-state index in [2.05, 4.69) is 45.1 Å². The first-order valence-corrected chi connectivity index (χ1v) is 22.6. The molecule has 16 nitrogen and oxygen atoms in total. The molecule has 332 valence electrons. The van der Waals surface area contributed by atoms with Crippen molar-refractivity contribution >= 4 is 68.4 Å². The summed E-state index contributed by atoms with van der Waals surface area (Å²) in [6, 6.07) is 17.8. The fourth-order valence-electron chi connectivity index (χ4n) is 7.96. The normalized spacial score (nSPS) is 13.8. The number of carbonyl (C=O) groups is 4. The second-order valence-corrected chi connectivity index (χ2v) is 17.8. The number of hydrogen-bond donors (Lipinski definition) is 4. The Morgan fingerprint density at radius 3 is 1.63 bits per heavy atom. The van der Waals surface area contributed by atoms with Crippen molar-refractivity contribution in [2.45, 2.75) is 69.7 Å². The van der Waals surface area contributed by atoms with Gasteiger partial charge in [-0.3, -0.25) is 24.6 Å². The van der Waals surface area contributed by atoms with Gasteiger partial charge in [-0.2, -0.15) is 10.2 Å². The van der Waals surface area contributed by atoms with Crippen LogP contribution in [0.3, 0.4) is 0 Å². The predicted octanol–water partition coefficient (Wildman–Crippen LogP) is 8.01. The maximum absolute atomic E-state index is 13.0. The fraction of sp³-hybridized carbons (Fsp3) is 0.277. The number of hydrogen-bond acceptors (Lipinski definition) is 15. The maximum Gasteiger partial charge on any atom is 0.345 e. The van der Waals surface area contributed by atoms with Gasteiger partial charge in [-0.15, -0.1) is 22.7 Å². The first kappa shape index (κ1) is 44.6. The van der Waals surface area contributed by atoms with E-state index >= 15 is 0 Å². The minimum Gasteiger partial charge on any atom is -0.477 e. The smallest absolute Gasteiger partial charge is 0.345 e. The van der Waals surface area contributed by atoms with E-state index in [-0.39, 0.29) is 12.2 Å². The molecule has 2 aliphatic rings. The molecule has 2 aliphatic carbocycles. The summed E-state index contributed by atoms with van der Waals surface area (Å²) >= 11 is 3.02. The van der Waals surface area contributed by atoms with E-state index in [1.807, 2.05) is 48.5 Å². The van der Waals surface area contributed by atoms with Gasteiger partial charge in [0.2, 0.25) is 0 Å². The number of thiophene rings is 2. The Bertz CT molecular complexity index is 2930.